The first-order valence-electron chi connectivity index (χ1n) is 21.7. The third-order valence-corrected chi connectivity index (χ3v) is 14.9. The summed E-state index contributed by atoms with van der Waals surface area (Å²) in [6, 6.07) is 22.4. The predicted molar refractivity (Wildman–Crippen MR) is 242 cm³/mol. The van der Waals surface area contributed by atoms with Gasteiger partial charge in [-0.1, -0.05) is 62.4 Å². The molecule has 0 aliphatic heterocycles. The fourth-order valence-corrected chi connectivity index (χ4v) is 12.0. The van der Waals surface area contributed by atoms with Gasteiger partial charge in [-0.15, -0.1) is 0 Å². The lowest BCUT2D eigenvalue weighted by molar-refractivity contribution is -0.128. The monoisotopic (exact) mass is 876 g/mol. The number of hydrogen-bond donors (Lipinski definition) is 5. The molecule has 5 N–H and O–H groups in total. The molecule has 2 fully saturated rings. The summed E-state index contributed by atoms with van der Waals surface area (Å²) in [4.78, 5) is 43.2. The van der Waals surface area contributed by atoms with Gasteiger partial charge in [-0.25, -0.2) is 8.78 Å². The summed E-state index contributed by atoms with van der Waals surface area (Å²) in [7, 11) is -0.230. The highest BCUT2D eigenvalue weighted by Crippen LogP contribution is 2.64. The molecule has 2 unspecified atom stereocenters. The van der Waals surface area contributed by atoms with Crippen molar-refractivity contribution < 1.29 is 36.1 Å². The van der Waals surface area contributed by atoms with Gasteiger partial charge in [0.15, 0.2) is 11.6 Å². The first-order chi connectivity index (χ1) is 30.0. The van der Waals surface area contributed by atoms with Gasteiger partial charge in [0, 0.05) is 76.7 Å². The lowest BCUT2D eigenvalue weighted by atomic mass is 9.70. The van der Waals surface area contributed by atoms with E-state index in [0.29, 0.717) is 47.8 Å². The third kappa shape index (κ3) is 8.44. The molecule has 10 rings (SSSR count). The highest BCUT2D eigenvalue weighted by atomic mass is 32.2. The van der Waals surface area contributed by atoms with Crippen LogP contribution in [0.5, 0.6) is 0 Å². The Kier molecular flexibility index (Phi) is 12.2. The normalized spacial score (nSPS) is 20.0. The van der Waals surface area contributed by atoms with Crippen LogP contribution in [0.4, 0.5) is 8.78 Å². The van der Waals surface area contributed by atoms with E-state index in [2.05, 4.69) is 69.1 Å². The van der Waals surface area contributed by atoms with E-state index in [1.807, 2.05) is 27.9 Å². The van der Waals surface area contributed by atoms with Crippen LogP contribution in [-0.2, 0) is 40.8 Å². The van der Waals surface area contributed by atoms with E-state index in [4.69, 9.17) is 4.55 Å². The minimum atomic E-state index is -4.08. The molecule has 0 radical (unpaired) electrons. The number of halogens is 2. The van der Waals surface area contributed by atoms with Crippen molar-refractivity contribution in [2.45, 2.75) is 84.7 Å². The van der Waals surface area contributed by atoms with Crippen molar-refractivity contribution in [1.82, 2.24) is 20.6 Å². The minimum Gasteiger partial charge on any atom is -0.354 e. The van der Waals surface area contributed by atoms with Crippen LogP contribution in [0, 0.1) is 28.4 Å². The summed E-state index contributed by atoms with van der Waals surface area (Å²) >= 11 is 0. The van der Waals surface area contributed by atoms with Gasteiger partial charge in [0.1, 0.15) is 17.4 Å². The molecule has 2 bridgehead atoms. The smallest absolute Gasteiger partial charge is 0.265 e. The average Bonchev–Trinajstić information content (AvgIpc) is 3.82. The van der Waals surface area contributed by atoms with E-state index in [1.165, 1.54) is 35.4 Å². The van der Waals surface area contributed by atoms with Gasteiger partial charge in [0.2, 0.25) is 0 Å². The third-order valence-electron chi connectivity index (χ3n) is 14.0. The quantitative estimate of drug-likeness (QED) is 0.0945. The summed E-state index contributed by atoms with van der Waals surface area (Å²) < 4.78 is 58.8. The molecule has 4 aliphatic carbocycles. The molecule has 0 amide bonds. The second-order valence-corrected chi connectivity index (χ2v) is 19.6. The highest BCUT2D eigenvalue weighted by Gasteiger charge is 2.65. The average molecular weight is 877 g/mol. The van der Waals surface area contributed by atoms with Crippen LogP contribution in [0.25, 0.3) is 44.3 Å². The number of aromatic amines is 2. The Hall–Kier alpha value is -5.34. The van der Waals surface area contributed by atoms with Crippen LogP contribution in [-0.4, -0.2) is 60.1 Å². The van der Waals surface area contributed by atoms with E-state index in [1.54, 1.807) is 0 Å². The van der Waals surface area contributed by atoms with Crippen LogP contribution in [0.3, 0.4) is 0 Å². The fourth-order valence-electron chi connectivity index (χ4n) is 10.7. The second kappa shape index (κ2) is 17.3. The highest BCUT2D eigenvalue weighted by molar-refractivity contribution is 7.85. The van der Waals surface area contributed by atoms with Gasteiger partial charge in [-0.2, -0.15) is 8.42 Å². The summed E-state index contributed by atoms with van der Waals surface area (Å²) in [5, 5.41) is 8.07. The number of benzene rings is 4. The molecule has 63 heavy (non-hydrogen) atoms. The molecule has 4 aliphatic rings. The van der Waals surface area contributed by atoms with Crippen molar-refractivity contribution in [3.8, 4) is 22.5 Å². The summed E-state index contributed by atoms with van der Waals surface area (Å²) in [5.41, 5.74) is 10.2. The Bertz CT molecular complexity index is 2710. The Morgan fingerprint density at radius 2 is 1.14 bits per heavy atom. The maximum Gasteiger partial charge on any atom is 0.265 e. The van der Waals surface area contributed by atoms with Crippen LogP contribution >= 0.6 is 0 Å². The van der Waals surface area contributed by atoms with Crippen molar-refractivity contribution in [1.29, 1.82) is 0 Å². The number of hydrogen-bond acceptors (Lipinski definition) is 7. The zero-order chi connectivity index (χ0) is 44.8. The number of carbonyl (C=O) groups is 3. The SMILES string of the molecule is CC1(C)C2CCC1(CS(=O)(=O)O)C(=O)C2.CNCc1ccc(-c2[nH]c3cc(F)cc4c3c2CCCC4=O)cc1.CNCc1ccc(-c2[nH]c3cc(F)cc4c3c2CCCC4=O)cc1. The number of aromatic nitrogens is 2. The number of rotatable bonds is 8. The van der Waals surface area contributed by atoms with Crippen LogP contribution in [0.2, 0.25) is 0 Å². The molecule has 330 valence electrons. The molecule has 0 spiro atoms. The maximum atomic E-state index is 13.9. The molecule has 2 aromatic heterocycles. The molecule has 2 atom stereocenters. The van der Waals surface area contributed by atoms with Gasteiger partial charge in [0.05, 0.1) is 11.2 Å². The molecule has 13 heteroatoms. The number of aryl methyl sites for hydroxylation is 2. The topological polar surface area (TPSA) is 161 Å². The van der Waals surface area contributed by atoms with Crippen LogP contribution in [0.15, 0.2) is 72.8 Å². The summed E-state index contributed by atoms with van der Waals surface area (Å²) in [6.45, 7) is 5.54. The maximum absolute atomic E-state index is 13.9. The van der Waals surface area contributed by atoms with E-state index in [0.717, 1.165) is 89.6 Å². The molecular weight excluding hydrogens is 823 g/mol. The molecule has 2 saturated carbocycles. The Morgan fingerprint density at radius 1 is 0.698 bits per heavy atom. The summed E-state index contributed by atoms with van der Waals surface area (Å²) in [6.07, 6.45) is 6.19. The number of ketones is 3. The van der Waals surface area contributed by atoms with Crippen molar-refractivity contribution in [3.05, 3.63) is 118 Å². The van der Waals surface area contributed by atoms with Crippen molar-refractivity contribution in [2.24, 2.45) is 16.7 Å². The molecular formula is C50H54F2N4O6S. The van der Waals surface area contributed by atoms with Crippen molar-refractivity contribution in [3.63, 3.8) is 0 Å². The minimum absolute atomic E-state index is 0.0152. The lowest BCUT2D eigenvalue weighted by Gasteiger charge is -2.35. The largest absolute Gasteiger partial charge is 0.354 e. The van der Waals surface area contributed by atoms with E-state index in [9.17, 15) is 31.6 Å². The first-order valence-corrected chi connectivity index (χ1v) is 23.4. The van der Waals surface area contributed by atoms with Crippen molar-refractivity contribution in [2.75, 3.05) is 19.8 Å². The Morgan fingerprint density at radius 3 is 1.51 bits per heavy atom. The van der Waals surface area contributed by atoms with Crippen LogP contribution in [0.1, 0.15) is 102 Å². The van der Waals surface area contributed by atoms with E-state index in [-0.39, 0.29) is 40.3 Å². The number of H-pyrrole nitrogens is 2. The molecule has 10 nitrogen and oxygen atoms in total. The van der Waals surface area contributed by atoms with Gasteiger partial charge >= 0.3 is 0 Å². The van der Waals surface area contributed by atoms with E-state index >= 15 is 0 Å². The fraction of sp³-hybridized carbons (Fsp3) is 0.380. The number of fused-ring (bicyclic) bond motifs is 2. The lowest BCUT2D eigenvalue weighted by Crippen LogP contribution is -2.42. The Balaban J connectivity index is 0.000000134. The van der Waals surface area contributed by atoms with Gasteiger partial charge in [-0.3, -0.25) is 18.9 Å². The zero-order valence-corrected chi connectivity index (χ0v) is 37.0. The predicted octanol–water partition coefficient (Wildman–Crippen LogP) is 9.69. The summed E-state index contributed by atoms with van der Waals surface area (Å²) in [5.74, 6) is -0.759. The Labute approximate surface area is 366 Å². The molecule has 6 aromatic rings. The van der Waals surface area contributed by atoms with Gasteiger partial charge < -0.3 is 20.6 Å². The number of carbonyl (C=O) groups excluding carboxylic acids is 3. The number of nitrogens with one attached hydrogen (secondary N) is 4. The molecule has 2 heterocycles. The van der Waals surface area contributed by atoms with Gasteiger partial charge in [-0.05, 0) is 122 Å². The van der Waals surface area contributed by atoms with Crippen LogP contribution < -0.4 is 10.6 Å². The first kappa shape index (κ1) is 44.3. The van der Waals surface area contributed by atoms with Gasteiger partial charge in [0.25, 0.3) is 10.1 Å². The molecule has 4 aromatic carbocycles. The zero-order valence-electron chi connectivity index (χ0n) is 36.1. The molecule has 0 saturated heterocycles. The van der Waals surface area contributed by atoms with E-state index < -0.39 is 21.3 Å². The van der Waals surface area contributed by atoms with Crippen molar-refractivity contribution >= 4 is 49.3 Å². The standard InChI is InChI=1S/2C20H19FN2O.C10H16O4S/c2*1-22-11-12-5-7-13(8-6-12)20-15-3-2-4-18(24)16-9-14(21)10-17(23-20)19(15)16;1-9(2)7-3-4-10(9,8(11)5-7)6-15(12,13)14/h2*5-10,22-23H,2-4,11H2,1H3;7H,3-6H2,1-2H3,(H,12,13,14). The second-order valence-electron chi connectivity index (χ2n) is 18.1. The number of Topliss-reactive ketones (excluding diaryl/α,β-unsaturated/α-hetero) is 3.